The number of methoxy groups -OCH3 is 1. The van der Waals surface area contributed by atoms with Crippen LogP contribution >= 0.6 is 0 Å². The van der Waals surface area contributed by atoms with Crippen molar-refractivity contribution in [2.24, 2.45) is 0 Å². The maximum atomic E-state index is 11.2. The molecule has 5 heteroatoms. The minimum absolute atomic E-state index is 0.386. The van der Waals surface area contributed by atoms with Gasteiger partial charge in [0.15, 0.2) is 0 Å². The van der Waals surface area contributed by atoms with Crippen molar-refractivity contribution in [1.82, 2.24) is 9.97 Å². The highest BCUT2D eigenvalue weighted by atomic mass is 16.5. The highest BCUT2D eigenvalue weighted by Crippen LogP contribution is 2.23. The third kappa shape index (κ3) is 3.20. The molecule has 1 unspecified atom stereocenters. The van der Waals surface area contributed by atoms with Gasteiger partial charge in [-0.1, -0.05) is 12.1 Å². The third-order valence-corrected chi connectivity index (χ3v) is 2.96. The summed E-state index contributed by atoms with van der Waals surface area (Å²) < 4.78 is 5.08. The zero-order valence-electron chi connectivity index (χ0n) is 10.9. The molecular weight excluding hydrogens is 244 g/mol. The van der Waals surface area contributed by atoms with Crippen molar-refractivity contribution in [1.29, 1.82) is 0 Å². The summed E-state index contributed by atoms with van der Waals surface area (Å²) in [5.41, 5.74) is -0.226. The summed E-state index contributed by atoms with van der Waals surface area (Å²) in [5, 5.41) is 10.5. The van der Waals surface area contributed by atoms with Crippen molar-refractivity contribution in [3.05, 3.63) is 58.3 Å². The van der Waals surface area contributed by atoms with Crippen molar-refractivity contribution in [3.63, 3.8) is 0 Å². The van der Waals surface area contributed by atoms with Gasteiger partial charge < -0.3 is 14.8 Å². The molecule has 1 heterocycles. The molecule has 0 spiro atoms. The average Bonchev–Trinajstić information content (AvgIpc) is 2.39. The first kappa shape index (κ1) is 13.3. The van der Waals surface area contributed by atoms with Gasteiger partial charge >= 0.3 is 5.69 Å². The molecule has 0 aliphatic carbocycles. The van der Waals surface area contributed by atoms with Gasteiger partial charge in [-0.2, -0.15) is 0 Å². The van der Waals surface area contributed by atoms with Gasteiger partial charge in [-0.3, -0.25) is 0 Å². The molecule has 1 aromatic heterocycles. The standard InChI is InChI=1S/C14H16N2O3/c1-14(18,12-7-8-15-13(17)16-12)9-10-3-5-11(19-2)6-4-10/h3-8,18H,9H2,1-2H3,(H,15,16,17). The Kier molecular flexibility index (Phi) is 3.66. The zero-order valence-corrected chi connectivity index (χ0v) is 10.9. The fraction of sp³-hybridized carbons (Fsp3) is 0.286. The quantitative estimate of drug-likeness (QED) is 0.867. The van der Waals surface area contributed by atoms with Gasteiger partial charge in [0, 0.05) is 12.6 Å². The molecule has 0 radical (unpaired) electrons. The Morgan fingerprint density at radius 1 is 1.32 bits per heavy atom. The summed E-state index contributed by atoms with van der Waals surface area (Å²) in [6.45, 7) is 1.66. The fourth-order valence-corrected chi connectivity index (χ4v) is 1.92. The van der Waals surface area contributed by atoms with E-state index in [0.717, 1.165) is 11.3 Å². The van der Waals surface area contributed by atoms with E-state index in [1.54, 1.807) is 20.1 Å². The molecule has 0 amide bonds. The van der Waals surface area contributed by atoms with E-state index < -0.39 is 11.3 Å². The largest absolute Gasteiger partial charge is 0.497 e. The molecule has 100 valence electrons. The monoisotopic (exact) mass is 260 g/mol. The fourth-order valence-electron chi connectivity index (χ4n) is 1.92. The van der Waals surface area contributed by atoms with Crippen LogP contribution in [0.1, 0.15) is 18.2 Å². The van der Waals surface area contributed by atoms with Crippen molar-refractivity contribution in [2.75, 3.05) is 7.11 Å². The van der Waals surface area contributed by atoms with Crippen LogP contribution in [0.4, 0.5) is 0 Å². The molecule has 2 rings (SSSR count). The molecule has 1 atom stereocenters. The van der Waals surface area contributed by atoms with E-state index in [2.05, 4.69) is 9.97 Å². The van der Waals surface area contributed by atoms with Gasteiger partial charge in [0.05, 0.1) is 12.8 Å². The van der Waals surface area contributed by atoms with Crippen LogP contribution in [0.5, 0.6) is 5.75 Å². The molecule has 2 aromatic rings. The SMILES string of the molecule is COc1ccc(CC(C)(O)c2ccnc(=O)[nH]2)cc1. The van der Waals surface area contributed by atoms with Gasteiger partial charge in [0.1, 0.15) is 11.4 Å². The molecule has 0 bridgehead atoms. The molecule has 0 aliphatic rings. The van der Waals surface area contributed by atoms with E-state index in [-0.39, 0.29) is 0 Å². The van der Waals surface area contributed by atoms with Crippen LogP contribution in [0.15, 0.2) is 41.3 Å². The Hall–Kier alpha value is -2.14. The Morgan fingerprint density at radius 3 is 2.58 bits per heavy atom. The van der Waals surface area contributed by atoms with Gasteiger partial charge in [-0.15, -0.1) is 0 Å². The molecule has 5 nitrogen and oxygen atoms in total. The Morgan fingerprint density at radius 2 is 2.00 bits per heavy atom. The van der Waals surface area contributed by atoms with Crippen molar-refractivity contribution < 1.29 is 9.84 Å². The number of nitrogens with one attached hydrogen (secondary N) is 1. The van der Waals surface area contributed by atoms with Crippen LogP contribution in [-0.4, -0.2) is 22.2 Å². The number of ether oxygens (including phenoxy) is 1. The number of aliphatic hydroxyl groups is 1. The number of rotatable bonds is 4. The van der Waals surface area contributed by atoms with Gasteiger partial charge in [0.2, 0.25) is 0 Å². The summed E-state index contributed by atoms with van der Waals surface area (Å²) in [5.74, 6) is 0.765. The highest BCUT2D eigenvalue weighted by Gasteiger charge is 2.24. The van der Waals surface area contributed by atoms with Crippen molar-refractivity contribution in [2.45, 2.75) is 18.9 Å². The summed E-state index contributed by atoms with van der Waals surface area (Å²) >= 11 is 0. The summed E-state index contributed by atoms with van der Waals surface area (Å²) in [6.07, 6.45) is 1.77. The number of H-pyrrole nitrogens is 1. The highest BCUT2D eigenvalue weighted by molar-refractivity contribution is 5.29. The van der Waals surface area contributed by atoms with E-state index in [4.69, 9.17) is 4.74 Å². The minimum Gasteiger partial charge on any atom is -0.497 e. The lowest BCUT2D eigenvalue weighted by atomic mass is 9.93. The lowest BCUT2D eigenvalue weighted by molar-refractivity contribution is 0.0526. The van der Waals surface area contributed by atoms with Gasteiger partial charge in [-0.25, -0.2) is 9.78 Å². The number of hydrogen-bond acceptors (Lipinski definition) is 4. The number of aromatic nitrogens is 2. The number of hydrogen-bond donors (Lipinski definition) is 2. The summed E-state index contributed by atoms with van der Waals surface area (Å²) in [4.78, 5) is 17.3. The second-order valence-electron chi connectivity index (χ2n) is 4.59. The predicted octanol–water partition coefficient (Wildman–Crippen LogP) is 1.23. The number of aromatic amines is 1. The molecule has 19 heavy (non-hydrogen) atoms. The Balaban J connectivity index is 2.22. The second kappa shape index (κ2) is 5.24. The molecule has 0 saturated heterocycles. The third-order valence-electron chi connectivity index (χ3n) is 2.96. The molecule has 2 N–H and O–H groups in total. The Labute approximate surface area is 110 Å². The molecular formula is C14H16N2O3. The average molecular weight is 260 g/mol. The summed E-state index contributed by atoms with van der Waals surface area (Å²) in [7, 11) is 1.60. The molecule has 0 fully saturated rings. The molecule has 1 aromatic carbocycles. The lowest BCUT2D eigenvalue weighted by Gasteiger charge is -2.23. The van der Waals surface area contributed by atoms with Crippen molar-refractivity contribution in [3.8, 4) is 5.75 Å². The van der Waals surface area contributed by atoms with E-state index >= 15 is 0 Å². The minimum atomic E-state index is -1.16. The number of benzene rings is 1. The van der Waals surface area contributed by atoms with Gasteiger partial charge in [0.25, 0.3) is 0 Å². The van der Waals surface area contributed by atoms with Crippen molar-refractivity contribution >= 4 is 0 Å². The van der Waals surface area contributed by atoms with Gasteiger partial charge in [-0.05, 0) is 30.7 Å². The van der Waals surface area contributed by atoms with Crippen LogP contribution in [0.25, 0.3) is 0 Å². The van der Waals surface area contributed by atoms with E-state index in [1.807, 2.05) is 24.3 Å². The smallest absolute Gasteiger partial charge is 0.345 e. The lowest BCUT2D eigenvalue weighted by Crippen LogP contribution is -2.28. The topological polar surface area (TPSA) is 75.2 Å². The molecule has 0 aliphatic heterocycles. The first-order valence-corrected chi connectivity index (χ1v) is 5.92. The first-order chi connectivity index (χ1) is 9.01. The van der Waals surface area contributed by atoms with E-state index in [0.29, 0.717) is 12.1 Å². The first-order valence-electron chi connectivity index (χ1n) is 5.92. The van der Waals surface area contributed by atoms with Crippen LogP contribution in [0.3, 0.4) is 0 Å². The van der Waals surface area contributed by atoms with Crippen LogP contribution < -0.4 is 10.4 Å². The second-order valence-corrected chi connectivity index (χ2v) is 4.59. The Bertz CT molecular complexity index is 603. The molecule has 0 saturated carbocycles. The van der Waals surface area contributed by atoms with E-state index in [1.165, 1.54) is 6.20 Å². The predicted molar refractivity (Wildman–Crippen MR) is 71.1 cm³/mol. The van der Waals surface area contributed by atoms with Crippen LogP contribution in [0, 0.1) is 0 Å². The zero-order chi connectivity index (χ0) is 13.9. The number of nitrogens with zero attached hydrogens (tertiary/aromatic N) is 1. The summed E-state index contributed by atoms with van der Waals surface area (Å²) in [6, 6.07) is 9.03. The van der Waals surface area contributed by atoms with E-state index in [9.17, 15) is 9.90 Å². The normalized spacial score (nSPS) is 13.8. The van der Waals surface area contributed by atoms with Crippen LogP contribution in [0.2, 0.25) is 0 Å². The maximum absolute atomic E-state index is 11.2. The van der Waals surface area contributed by atoms with Crippen LogP contribution in [-0.2, 0) is 12.0 Å². The maximum Gasteiger partial charge on any atom is 0.345 e.